The van der Waals surface area contributed by atoms with Crippen molar-refractivity contribution in [1.82, 2.24) is 9.88 Å². The fraction of sp³-hybridized carbons (Fsp3) is 0.500. The molecule has 0 spiro atoms. The van der Waals surface area contributed by atoms with Crippen LogP contribution in [0.15, 0.2) is 24.5 Å². The van der Waals surface area contributed by atoms with E-state index in [-0.39, 0.29) is 23.5 Å². The zero-order valence-corrected chi connectivity index (χ0v) is 13.1. The summed E-state index contributed by atoms with van der Waals surface area (Å²) in [6.07, 6.45) is 3.35. The van der Waals surface area contributed by atoms with Gasteiger partial charge in [0, 0.05) is 25.0 Å². The van der Waals surface area contributed by atoms with Crippen LogP contribution in [0.25, 0.3) is 0 Å². The molecule has 2 heterocycles. The molecule has 1 saturated heterocycles. The first-order chi connectivity index (χ1) is 10.4. The second-order valence-corrected chi connectivity index (χ2v) is 7.28. The number of hydrogen-bond acceptors (Lipinski definition) is 6. The first-order valence-electron chi connectivity index (χ1n) is 7.00. The summed E-state index contributed by atoms with van der Waals surface area (Å²) in [7, 11) is -3.07. The zero-order valence-electron chi connectivity index (χ0n) is 12.3. The second-order valence-electron chi connectivity index (χ2n) is 5.05. The number of amides is 1. The molecule has 0 aromatic carbocycles. The van der Waals surface area contributed by atoms with E-state index in [1.165, 1.54) is 29.4 Å². The summed E-state index contributed by atoms with van der Waals surface area (Å²) >= 11 is 0. The van der Waals surface area contributed by atoms with Crippen molar-refractivity contribution in [2.75, 3.05) is 24.7 Å². The standard InChI is InChI=1S/C14H18N2O5S/c1-2-16(12-5-8-22(19,20)10-12)13(17)9-21-14(18)11-3-6-15-7-4-11/h3-4,6-7,12H,2,5,8-10H2,1H3/t12-/m0/s1. The number of carbonyl (C=O) groups excluding carboxylic acids is 2. The van der Waals surface area contributed by atoms with Crippen LogP contribution in [0, 0.1) is 0 Å². The van der Waals surface area contributed by atoms with E-state index in [9.17, 15) is 18.0 Å². The highest BCUT2D eigenvalue weighted by molar-refractivity contribution is 7.91. The summed E-state index contributed by atoms with van der Waals surface area (Å²) in [5, 5.41) is 0. The Morgan fingerprint density at radius 1 is 1.36 bits per heavy atom. The van der Waals surface area contributed by atoms with Crippen LogP contribution in [0.5, 0.6) is 0 Å². The van der Waals surface area contributed by atoms with Crippen LogP contribution in [0.4, 0.5) is 0 Å². The maximum Gasteiger partial charge on any atom is 0.338 e. The molecule has 1 aliphatic rings. The van der Waals surface area contributed by atoms with E-state index in [1.807, 2.05) is 0 Å². The van der Waals surface area contributed by atoms with Crippen LogP contribution >= 0.6 is 0 Å². The predicted octanol–water partition coefficient (Wildman–Crippen LogP) is 0.274. The van der Waals surface area contributed by atoms with Crippen molar-refractivity contribution >= 4 is 21.7 Å². The summed E-state index contributed by atoms with van der Waals surface area (Å²) in [5.74, 6) is -0.916. The second kappa shape index (κ2) is 6.87. The van der Waals surface area contributed by atoms with Gasteiger partial charge in [-0.3, -0.25) is 9.78 Å². The molecule has 1 aromatic heterocycles. The van der Waals surface area contributed by atoms with Crippen LogP contribution in [0.1, 0.15) is 23.7 Å². The summed E-state index contributed by atoms with van der Waals surface area (Å²) < 4.78 is 28.0. The lowest BCUT2D eigenvalue weighted by Crippen LogP contribution is -2.43. The van der Waals surface area contributed by atoms with Crippen LogP contribution in [-0.4, -0.2) is 60.9 Å². The van der Waals surface area contributed by atoms with Gasteiger partial charge in [-0.15, -0.1) is 0 Å². The number of nitrogens with zero attached hydrogens (tertiary/aromatic N) is 2. The normalized spacial score (nSPS) is 19.6. The molecule has 0 aliphatic carbocycles. The molecule has 1 aliphatic heterocycles. The van der Waals surface area contributed by atoms with Crippen LogP contribution in [0.3, 0.4) is 0 Å². The molecule has 0 saturated carbocycles. The molecule has 7 nitrogen and oxygen atoms in total. The molecular weight excluding hydrogens is 308 g/mol. The first kappa shape index (κ1) is 16.4. The minimum atomic E-state index is -3.07. The number of hydrogen-bond donors (Lipinski definition) is 0. The lowest BCUT2D eigenvalue weighted by Gasteiger charge is -2.26. The van der Waals surface area contributed by atoms with Gasteiger partial charge in [-0.2, -0.15) is 0 Å². The molecule has 1 aromatic rings. The Bertz CT molecular complexity index is 644. The molecule has 0 radical (unpaired) electrons. The van der Waals surface area contributed by atoms with Crippen molar-refractivity contribution in [3.8, 4) is 0 Å². The third-order valence-corrected chi connectivity index (χ3v) is 5.30. The molecule has 120 valence electrons. The van der Waals surface area contributed by atoms with E-state index >= 15 is 0 Å². The van der Waals surface area contributed by atoms with Gasteiger partial charge in [0.15, 0.2) is 16.4 Å². The molecule has 0 N–H and O–H groups in total. The molecule has 1 atom stereocenters. The Morgan fingerprint density at radius 3 is 2.59 bits per heavy atom. The average molecular weight is 326 g/mol. The Balaban J connectivity index is 1.92. The van der Waals surface area contributed by atoms with Crippen molar-refractivity contribution < 1.29 is 22.7 Å². The molecule has 22 heavy (non-hydrogen) atoms. The Kier molecular flexibility index (Phi) is 5.12. The number of ether oxygens (including phenoxy) is 1. The van der Waals surface area contributed by atoms with E-state index < -0.39 is 22.4 Å². The van der Waals surface area contributed by atoms with Crippen LogP contribution < -0.4 is 0 Å². The molecule has 8 heteroatoms. The number of pyridine rings is 1. The first-order valence-corrected chi connectivity index (χ1v) is 8.82. The van der Waals surface area contributed by atoms with Crippen LogP contribution in [0.2, 0.25) is 0 Å². The van der Waals surface area contributed by atoms with Gasteiger partial charge >= 0.3 is 5.97 Å². The summed E-state index contributed by atoms with van der Waals surface area (Å²) in [5.41, 5.74) is 0.314. The fourth-order valence-corrected chi connectivity index (χ4v) is 4.17. The van der Waals surface area contributed by atoms with Crippen molar-refractivity contribution in [1.29, 1.82) is 0 Å². The van der Waals surface area contributed by atoms with E-state index in [0.29, 0.717) is 18.5 Å². The number of likely N-dealkylation sites (N-methyl/N-ethyl adjacent to an activating group) is 1. The van der Waals surface area contributed by atoms with Crippen molar-refractivity contribution in [2.45, 2.75) is 19.4 Å². The number of rotatable bonds is 5. The Hall–Kier alpha value is -1.96. The zero-order chi connectivity index (χ0) is 16.2. The minimum Gasteiger partial charge on any atom is -0.452 e. The monoisotopic (exact) mass is 326 g/mol. The summed E-state index contributed by atoms with van der Waals surface area (Å²) in [4.78, 5) is 29.2. The third-order valence-electron chi connectivity index (χ3n) is 3.55. The summed E-state index contributed by atoms with van der Waals surface area (Å²) in [6, 6.07) is 2.66. The van der Waals surface area contributed by atoms with E-state index in [4.69, 9.17) is 4.74 Å². The number of esters is 1. The Morgan fingerprint density at radius 2 is 2.05 bits per heavy atom. The molecule has 0 unspecified atom stereocenters. The number of sulfone groups is 1. The topological polar surface area (TPSA) is 93.6 Å². The van der Waals surface area contributed by atoms with E-state index in [0.717, 1.165) is 0 Å². The Labute approximate surface area is 129 Å². The highest BCUT2D eigenvalue weighted by Gasteiger charge is 2.34. The van der Waals surface area contributed by atoms with Crippen molar-refractivity contribution in [3.63, 3.8) is 0 Å². The van der Waals surface area contributed by atoms with Crippen molar-refractivity contribution in [2.24, 2.45) is 0 Å². The van der Waals surface area contributed by atoms with Gasteiger partial charge in [0.1, 0.15) is 0 Å². The number of carbonyl (C=O) groups is 2. The van der Waals surface area contributed by atoms with Gasteiger partial charge < -0.3 is 9.64 Å². The van der Waals surface area contributed by atoms with Gasteiger partial charge in [0.2, 0.25) is 0 Å². The van der Waals surface area contributed by atoms with Gasteiger partial charge in [-0.05, 0) is 25.5 Å². The van der Waals surface area contributed by atoms with Crippen LogP contribution in [-0.2, 0) is 19.4 Å². The van der Waals surface area contributed by atoms with Gasteiger partial charge in [0.05, 0.1) is 17.1 Å². The number of aromatic nitrogens is 1. The van der Waals surface area contributed by atoms with E-state index in [1.54, 1.807) is 6.92 Å². The third kappa shape index (κ3) is 4.03. The smallest absolute Gasteiger partial charge is 0.338 e. The molecular formula is C14H18N2O5S. The summed E-state index contributed by atoms with van der Waals surface area (Å²) in [6.45, 7) is 1.75. The largest absolute Gasteiger partial charge is 0.452 e. The quantitative estimate of drug-likeness (QED) is 0.721. The maximum atomic E-state index is 12.1. The average Bonchev–Trinajstić information content (AvgIpc) is 2.86. The van der Waals surface area contributed by atoms with Crippen molar-refractivity contribution in [3.05, 3.63) is 30.1 Å². The molecule has 2 rings (SSSR count). The SMILES string of the molecule is CCN(C(=O)COC(=O)c1ccncc1)[C@H]1CCS(=O)(=O)C1. The van der Waals surface area contributed by atoms with E-state index in [2.05, 4.69) is 4.98 Å². The highest BCUT2D eigenvalue weighted by atomic mass is 32.2. The molecule has 1 amide bonds. The van der Waals surface area contributed by atoms with Gasteiger partial charge in [-0.25, -0.2) is 13.2 Å². The molecule has 0 bridgehead atoms. The maximum absolute atomic E-state index is 12.1. The predicted molar refractivity (Wildman–Crippen MR) is 79.0 cm³/mol. The van der Waals surface area contributed by atoms with Gasteiger partial charge in [-0.1, -0.05) is 0 Å². The highest BCUT2D eigenvalue weighted by Crippen LogP contribution is 2.17. The lowest BCUT2D eigenvalue weighted by atomic mass is 10.2. The molecule has 1 fully saturated rings. The lowest BCUT2D eigenvalue weighted by molar-refractivity contribution is -0.136. The van der Waals surface area contributed by atoms with Gasteiger partial charge in [0.25, 0.3) is 5.91 Å². The fourth-order valence-electron chi connectivity index (χ4n) is 2.44. The minimum absolute atomic E-state index is 0.0229.